The molecule has 0 aliphatic carbocycles. The number of nitrogens with zero attached hydrogens (tertiary/aromatic N) is 3. The van der Waals surface area contributed by atoms with Crippen LogP contribution in [-0.4, -0.2) is 20.6 Å². The number of nitrogens with one attached hydrogen (secondary N) is 1. The van der Waals surface area contributed by atoms with E-state index in [0.29, 0.717) is 21.5 Å². The molecular formula is C25H20Cl2N4O5. The van der Waals surface area contributed by atoms with Crippen LogP contribution in [-0.2, 0) is 6.73 Å². The zero-order valence-electron chi connectivity index (χ0n) is 19.2. The number of anilines is 1. The molecule has 0 aliphatic heterocycles. The highest BCUT2D eigenvalue weighted by atomic mass is 35.5. The van der Waals surface area contributed by atoms with Gasteiger partial charge in [-0.15, -0.1) is 0 Å². The van der Waals surface area contributed by atoms with Crippen LogP contribution in [0.1, 0.15) is 21.6 Å². The SMILES string of the molecule is Cc1ccc(Cl)c(OCn2ccc(C(=O)Nc3cc(Oc4ccc(Cl)c(C)c4)cc([N+](=O)[O-])c3)n2)c1. The van der Waals surface area contributed by atoms with Crippen LogP contribution in [0.3, 0.4) is 0 Å². The molecule has 0 atom stereocenters. The standard InChI is InChI=1S/C25H20Cl2N4O5/c1-15-3-5-22(27)24(9-15)35-14-30-8-7-23(29-30)25(32)28-17-11-18(31(33)34)13-20(12-17)36-19-4-6-21(26)16(2)10-19/h3-13H,14H2,1-2H3,(H,28,32). The van der Waals surface area contributed by atoms with Crippen molar-refractivity contribution >= 4 is 40.5 Å². The number of rotatable bonds is 8. The molecule has 0 fully saturated rings. The van der Waals surface area contributed by atoms with Crippen molar-refractivity contribution in [2.24, 2.45) is 0 Å². The van der Waals surface area contributed by atoms with E-state index < -0.39 is 10.8 Å². The van der Waals surface area contributed by atoms with E-state index in [1.54, 1.807) is 36.5 Å². The molecule has 9 nitrogen and oxygen atoms in total. The Hall–Kier alpha value is -4.08. The number of carbonyl (C=O) groups excluding carboxylic acids is 1. The summed E-state index contributed by atoms with van der Waals surface area (Å²) in [4.78, 5) is 23.6. The maximum Gasteiger partial charge on any atom is 0.276 e. The van der Waals surface area contributed by atoms with Crippen LogP contribution in [0.4, 0.5) is 11.4 Å². The summed E-state index contributed by atoms with van der Waals surface area (Å²) in [5.74, 6) is 0.562. The third-order valence-corrected chi connectivity index (χ3v) is 5.77. The number of nitro groups is 1. The van der Waals surface area contributed by atoms with Gasteiger partial charge in [-0.25, -0.2) is 4.68 Å². The van der Waals surface area contributed by atoms with Gasteiger partial charge >= 0.3 is 0 Å². The number of carbonyl (C=O) groups is 1. The number of amides is 1. The molecule has 1 amide bonds. The molecule has 1 aromatic heterocycles. The summed E-state index contributed by atoms with van der Waals surface area (Å²) in [7, 11) is 0. The van der Waals surface area contributed by atoms with Crippen LogP contribution < -0.4 is 14.8 Å². The quantitative estimate of drug-likeness (QED) is 0.200. The molecule has 11 heteroatoms. The molecule has 4 rings (SSSR count). The van der Waals surface area contributed by atoms with Crippen LogP contribution in [0.2, 0.25) is 10.0 Å². The summed E-state index contributed by atoms with van der Waals surface area (Å²) in [5, 5.41) is 19.3. The Balaban J connectivity index is 1.47. The largest absolute Gasteiger partial charge is 0.470 e. The molecule has 0 spiro atoms. The highest BCUT2D eigenvalue weighted by molar-refractivity contribution is 6.32. The lowest BCUT2D eigenvalue weighted by Crippen LogP contribution is -2.14. The summed E-state index contributed by atoms with van der Waals surface area (Å²) in [6.45, 7) is 3.76. The van der Waals surface area contributed by atoms with Gasteiger partial charge in [0.15, 0.2) is 12.4 Å². The summed E-state index contributed by atoms with van der Waals surface area (Å²) in [5.41, 5.74) is 1.80. The molecule has 0 saturated heterocycles. The Morgan fingerprint density at radius 3 is 2.56 bits per heavy atom. The van der Waals surface area contributed by atoms with Crippen LogP contribution in [0.15, 0.2) is 66.9 Å². The molecule has 184 valence electrons. The lowest BCUT2D eigenvalue weighted by Gasteiger charge is -2.10. The van der Waals surface area contributed by atoms with Gasteiger partial charge in [0.05, 0.1) is 21.7 Å². The molecule has 0 unspecified atom stereocenters. The Kier molecular flexibility index (Phi) is 7.42. The number of hydrogen-bond donors (Lipinski definition) is 1. The van der Waals surface area contributed by atoms with E-state index >= 15 is 0 Å². The van der Waals surface area contributed by atoms with Crippen molar-refractivity contribution in [1.29, 1.82) is 0 Å². The second-order valence-electron chi connectivity index (χ2n) is 7.89. The molecule has 1 N–H and O–H groups in total. The molecule has 1 heterocycles. The van der Waals surface area contributed by atoms with E-state index in [9.17, 15) is 14.9 Å². The summed E-state index contributed by atoms with van der Waals surface area (Å²) < 4.78 is 12.9. The molecule has 0 saturated carbocycles. The van der Waals surface area contributed by atoms with Gasteiger partial charge in [-0.2, -0.15) is 5.10 Å². The second-order valence-corrected chi connectivity index (χ2v) is 8.70. The minimum atomic E-state index is -0.571. The number of ether oxygens (including phenoxy) is 2. The van der Waals surface area contributed by atoms with Crippen molar-refractivity contribution in [2.75, 3.05) is 5.32 Å². The number of nitro benzene ring substituents is 1. The van der Waals surface area contributed by atoms with Gasteiger partial charge in [-0.3, -0.25) is 14.9 Å². The monoisotopic (exact) mass is 526 g/mol. The highest BCUT2D eigenvalue weighted by Crippen LogP contribution is 2.31. The maximum atomic E-state index is 12.8. The molecule has 0 radical (unpaired) electrons. The average Bonchev–Trinajstić information content (AvgIpc) is 3.31. The van der Waals surface area contributed by atoms with E-state index in [-0.39, 0.29) is 29.5 Å². The highest BCUT2D eigenvalue weighted by Gasteiger charge is 2.16. The minimum Gasteiger partial charge on any atom is -0.470 e. The Morgan fingerprint density at radius 2 is 1.81 bits per heavy atom. The van der Waals surface area contributed by atoms with Crippen LogP contribution >= 0.6 is 23.2 Å². The first-order valence-corrected chi connectivity index (χ1v) is 11.4. The van der Waals surface area contributed by atoms with E-state index in [1.807, 2.05) is 19.9 Å². The number of benzene rings is 3. The van der Waals surface area contributed by atoms with Crippen molar-refractivity contribution in [3.8, 4) is 17.2 Å². The van der Waals surface area contributed by atoms with Gasteiger partial charge in [-0.05, 0) is 61.4 Å². The number of halogens is 2. The van der Waals surface area contributed by atoms with Crippen molar-refractivity contribution in [2.45, 2.75) is 20.6 Å². The number of aryl methyl sites for hydroxylation is 2. The van der Waals surface area contributed by atoms with E-state index in [2.05, 4.69) is 10.4 Å². The van der Waals surface area contributed by atoms with Gasteiger partial charge in [0.2, 0.25) is 0 Å². The van der Waals surface area contributed by atoms with Crippen LogP contribution in [0.25, 0.3) is 0 Å². The average molecular weight is 527 g/mol. The van der Waals surface area contributed by atoms with Crippen LogP contribution in [0, 0.1) is 24.0 Å². The van der Waals surface area contributed by atoms with Gasteiger partial charge in [0, 0.05) is 23.4 Å². The molecule has 4 aromatic rings. The predicted octanol–water partition coefficient (Wildman–Crippen LogP) is 6.80. The molecule has 0 aliphatic rings. The fourth-order valence-corrected chi connectivity index (χ4v) is 3.53. The van der Waals surface area contributed by atoms with E-state index in [1.165, 1.54) is 28.9 Å². The minimum absolute atomic E-state index is 0.0335. The third kappa shape index (κ3) is 6.12. The topological polar surface area (TPSA) is 109 Å². The van der Waals surface area contributed by atoms with Gasteiger partial charge in [0.25, 0.3) is 11.6 Å². The zero-order valence-corrected chi connectivity index (χ0v) is 20.7. The Bertz CT molecular complexity index is 1450. The molecule has 0 bridgehead atoms. The van der Waals surface area contributed by atoms with E-state index in [4.69, 9.17) is 32.7 Å². The number of hydrogen-bond acceptors (Lipinski definition) is 6. The first-order valence-electron chi connectivity index (χ1n) is 10.7. The fourth-order valence-electron chi connectivity index (χ4n) is 3.24. The number of non-ortho nitro benzene ring substituents is 1. The number of aromatic nitrogens is 2. The third-order valence-electron chi connectivity index (χ3n) is 5.04. The lowest BCUT2D eigenvalue weighted by molar-refractivity contribution is -0.384. The summed E-state index contributed by atoms with van der Waals surface area (Å²) >= 11 is 12.2. The Labute approximate surface area is 216 Å². The normalized spacial score (nSPS) is 10.7. The summed E-state index contributed by atoms with van der Waals surface area (Å²) in [6, 6.07) is 15.9. The predicted molar refractivity (Wildman–Crippen MR) is 136 cm³/mol. The van der Waals surface area contributed by atoms with Gasteiger partial charge in [-0.1, -0.05) is 29.3 Å². The van der Waals surface area contributed by atoms with E-state index in [0.717, 1.165) is 11.1 Å². The first kappa shape index (κ1) is 25.0. The molecular weight excluding hydrogens is 507 g/mol. The second kappa shape index (κ2) is 10.7. The fraction of sp³-hybridized carbons (Fsp3) is 0.120. The lowest BCUT2D eigenvalue weighted by atomic mass is 10.2. The van der Waals surface area contributed by atoms with Gasteiger partial charge in [0.1, 0.15) is 17.2 Å². The van der Waals surface area contributed by atoms with Crippen LogP contribution in [0.5, 0.6) is 17.2 Å². The molecule has 36 heavy (non-hydrogen) atoms. The van der Waals surface area contributed by atoms with Crippen molar-refractivity contribution < 1.29 is 19.2 Å². The zero-order chi connectivity index (χ0) is 25.8. The Morgan fingerprint density at radius 1 is 1.03 bits per heavy atom. The van der Waals surface area contributed by atoms with Crippen molar-refractivity contribution in [1.82, 2.24) is 9.78 Å². The van der Waals surface area contributed by atoms with Gasteiger partial charge < -0.3 is 14.8 Å². The first-order chi connectivity index (χ1) is 17.2. The smallest absolute Gasteiger partial charge is 0.276 e. The maximum absolute atomic E-state index is 12.8. The molecule has 3 aromatic carbocycles. The summed E-state index contributed by atoms with van der Waals surface area (Å²) in [6.07, 6.45) is 1.57. The van der Waals surface area contributed by atoms with Crippen molar-refractivity contribution in [3.63, 3.8) is 0 Å². The van der Waals surface area contributed by atoms with Crippen molar-refractivity contribution in [3.05, 3.63) is 104 Å².